The fourth-order valence-electron chi connectivity index (χ4n) is 2.07. The van der Waals surface area contributed by atoms with Crippen LogP contribution in [-0.2, 0) is 0 Å². The van der Waals surface area contributed by atoms with Gasteiger partial charge in [-0.1, -0.05) is 6.92 Å². The molecule has 1 fully saturated rings. The number of rotatable bonds is 3. The summed E-state index contributed by atoms with van der Waals surface area (Å²) in [5, 5.41) is 3.56. The average Bonchev–Trinajstić information content (AvgIpc) is 2.29. The standard InChI is InChI=1S/C11H23FN2/c1-4-11(3)9-14(8-6-12)10(2)5-7-13-11/h10,13H,4-9H2,1-3H3. The molecule has 84 valence electrons. The quantitative estimate of drug-likeness (QED) is 0.751. The van der Waals surface area contributed by atoms with E-state index >= 15 is 0 Å². The van der Waals surface area contributed by atoms with E-state index in [0.717, 1.165) is 25.9 Å². The van der Waals surface area contributed by atoms with Crippen molar-refractivity contribution in [1.82, 2.24) is 10.2 Å². The van der Waals surface area contributed by atoms with E-state index in [9.17, 15) is 4.39 Å². The van der Waals surface area contributed by atoms with Crippen molar-refractivity contribution in [3.8, 4) is 0 Å². The highest BCUT2D eigenvalue weighted by atomic mass is 19.1. The van der Waals surface area contributed by atoms with Crippen LogP contribution >= 0.6 is 0 Å². The Morgan fingerprint density at radius 1 is 1.57 bits per heavy atom. The third kappa shape index (κ3) is 2.92. The molecule has 14 heavy (non-hydrogen) atoms. The molecule has 1 rings (SSSR count). The molecule has 3 heteroatoms. The Hall–Kier alpha value is -0.150. The molecule has 1 N–H and O–H groups in total. The van der Waals surface area contributed by atoms with Crippen LogP contribution < -0.4 is 5.32 Å². The Morgan fingerprint density at radius 2 is 2.29 bits per heavy atom. The predicted molar refractivity (Wildman–Crippen MR) is 58.3 cm³/mol. The van der Waals surface area contributed by atoms with Gasteiger partial charge in [0.15, 0.2) is 0 Å². The minimum atomic E-state index is -0.232. The summed E-state index contributed by atoms with van der Waals surface area (Å²) in [4.78, 5) is 2.27. The second kappa shape index (κ2) is 5.08. The molecule has 0 aliphatic carbocycles. The van der Waals surface area contributed by atoms with E-state index in [2.05, 4.69) is 31.0 Å². The van der Waals surface area contributed by atoms with Crippen molar-refractivity contribution in [2.45, 2.75) is 45.2 Å². The maximum Gasteiger partial charge on any atom is 0.102 e. The van der Waals surface area contributed by atoms with Gasteiger partial charge in [0.25, 0.3) is 0 Å². The lowest BCUT2D eigenvalue weighted by Gasteiger charge is -2.34. The Bertz CT molecular complexity index is 175. The van der Waals surface area contributed by atoms with Crippen LogP contribution in [0.2, 0.25) is 0 Å². The lowest BCUT2D eigenvalue weighted by atomic mass is 9.98. The molecule has 1 aliphatic rings. The first kappa shape index (κ1) is 11.9. The third-order valence-corrected chi connectivity index (χ3v) is 3.44. The van der Waals surface area contributed by atoms with Crippen LogP contribution in [0.25, 0.3) is 0 Å². The molecule has 2 nitrogen and oxygen atoms in total. The molecular formula is C11H23FN2. The number of halogens is 1. The van der Waals surface area contributed by atoms with Gasteiger partial charge in [-0.05, 0) is 33.2 Å². The molecule has 0 saturated carbocycles. The van der Waals surface area contributed by atoms with Crippen LogP contribution in [0.1, 0.15) is 33.6 Å². The Kier molecular flexibility index (Phi) is 4.32. The van der Waals surface area contributed by atoms with Crippen LogP contribution in [0.3, 0.4) is 0 Å². The molecule has 0 radical (unpaired) electrons. The molecular weight excluding hydrogens is 179 g/mol. The first-order valence-corrected chi connectivity index (χ1v) is 5.66. The van der Waals surface area contributed by atoms with Gasteiger partial charge in [0.05, 0.1) is 0 Å². The summed E-state index contributed by atoms with van der Waals surface area (Å²) in [6.07, 6.45) is 2.22. The molecule has 0 aromatic carbocycles. The van der Waals surface area contributed by atoms with E-state index in [1.54, 1.807) is 0 Å². The van der Waals surface area contributed by atoms with E-state index < -0.39 is 0 Å². The first-order chi connectivity index (χ1) is 6.61. The van der Waals surface area contributed by atoms with Crippen molar-refractivity contribution in [3.63, 3.8) is 0 Å². The summed E-state index contributed by atoms with van der Waals surface area (Å²) < 4.78 is 12.4. The predicted octanol–water partition coefficient (Wildman–Crippen LogP) is 1.81. The smallest absolute Gasteiger partial charge is 0.102 e. The molecule has 1 saturated heterocycles. The summed E-state index contributed by atoms with van der Waals surface area (Å²) in [7, 11) is 0. The summed E-state index contributed by atoms with van der Waals surface area (Å²) in [6.45, 7) is 8.98. The molecule has 0 aromatic rings. The van der Waals surface area contributed by atoms with Gasteiger partial charge in [0, 0.05) is 24.7 Å². The number of hydrogen-bond donors (Lipinski definition) is 1. The molecule has 1 aliphatic heterocycles. The van der Waals surface area contributed by atoms with E-state index in [-0.39, 0.29) is 12.2 Å². The lowest BCUT2D eigenvalue weighted by molar-refractivity contribution is 0.159. The number of alkyl halides is 1. The van der Waals surface area contributed by atoms with Crippen molar-refractivity contribution in [2.24, 2.45) is 0 Å². The van der Waals surface area contributed by atoms with Crippen molar-refractivity contribution in [1.29, 1.82) is 0 Å². The molecule has 2 atom stereocenters. The Labute approximate surface area is 86.9 Å². The highest BCUT2D eigenvalue weighted by Gasteiger charge is 2.29. The Morgan fingerprint density at radius 3 is 2.86 bits per heavy atom. The highest BCUT2D eigenvalue weighted by Crippen LogP contribution is 2.18. The summed E-state index contributed by atoms with van der Waals surface area (Å²) in [5.74, 6) is 0. The second-order valence-electron chi connectivity index (χ2n) is 4.64. The largest absolute Gasteiger partial charge is 0.310 e. The number of hydrogen-bond acceptors (Lipinski definition) is 2. The van der Waals surface area contributed by atoms with Crippen LogP contribution in [-0.4, -0.2) is 42.8 Å². The van der Waals surface area contributed by atoms with Crippen LogP contribution in [0.15, 0.2) is 0 Å². The fraction of sp³-hybridized carbons (Fsp3) is 1.00. The zero-order valence-corrected chi connectivity index (χ0v) is 9.65. The zero-order chi connectivity index (χ0) is 10.6. The first-order valence-electron chi connectivity index (χ1n) is 5.66. The van der Waals surface area contributed by atoms with E-state index in [0.29, 0.717) is 12.6 Å². The molecule has 0 amide bonds. The fourth-order valence-corrected chi connectivity index (χ4v) is 2.07. The number of nitrogens with one attached hydrogen (secondary N) is 1. The minimum Gasteiger partial charge on any atom is -0.310 e. The number of nitrogens with zero attached hydrogens (tertiary/aromatic N) is 1. The van der Waals surface area contributed by atoms with Gasteiger partial charge < -0.3 is 5.32 Å². The summed E-state index contributed by atoms with van der Waals surface area (Å²) in [5.41, 5.74) is 0.167. The van der Waals surface area contributed by atoms with Crippen molar-refractivity contribution >= 4 is 0 Å². The molecule has 1 heterocycles. The maximum atomic E-state index is 12.4. The van der Waals surface area contributed by atoms with Crippen LogP contribution in [0.5, 0.6) is 0 Å². The SMILES string of the molecule is CCC1(C)CN(CCF)C(C)CCN1. The molecule has 2 unspecified atom stereocenters. The van der Waals surface area contributed by atoms with Gasteiger partial charge in [-0.2, -0.15) is 0 Å². The van der Waals surface area contributed by atoms with Crippen molar-refractivity contribution in [2.75, 3.05) is 26.3 Å². The lowest BCUT2D eigenvalue weighted by Crippen LogP contribution is -2.49. The third-order valence-electron chi connectivity index (χ3n) is 3.44. The maximum absolute atomic E-state index is 12.4. The van der Waals surface area contributed by atoms with Crippen LogP contribution in [0, 0.1) is 0 Å². The van der Waals surface area contributed by atoms with Gasteiger partial charge in [0.2, 0.25) is 0 Å². The topological polar surface area (TPSA) is 15.3 Å². The summed E-state index contributed by atoms with van der Waals surface area (Å²) >= 11 is 0. The zero-order valence-electron chi connectivity index (χ0n) is 9.65. The van der Waals surface area contributed by atoms with Gasteiger partial charge in [-0.25, -0.2) is 4.39 Å². The average molecular weight is 202 g/mol. The highest BCUT2D eigenvalue weighted by molar-refractivity contribution is 4.90. The normalized spacial score (nSPS) is 35.6. The molecule has 0 spiro atoms. The van der Waals surface area contributed by atoms with Gasteiger partial charge in [0.1, 0.15) is 6.67 Å². The van der Waals surface area contributed by atoms with E-state index in [4.69, 9.17) is 0 Å². The van der Waals surface area contributed by atoms with Crippen LogP contribution in [0.4, 0.5) is 4.39 Å². The van der Waals surface area contributed by atoms with Gasteiger partial charge in [-0.3, -0.25) is 4.90 Å². The van der Waals surface area contributed by atoms with Gasteiger partial charge >= 0.3 is 0 Å². The molecule has 0 aromatic heterocycles. The monoisotopic (exact) mass is 202 g/mol. The minimum absolute atomic E-state index is 0.167. The molecule has 0 bridgehead atoms. The van der Waals surface area contributed by atoms with Crippen molar-refractivity contribution < 1.29 is 4.39 Å². The van der Waals surface area contributed by atoms with Gasteiger partial charge in [-0.15, -0.1) is 0 Å². The second-order valence-corrected chi connectivity index (χ2v) is 4.64. The van der Waals surface area contributed by atoms with E-state index in [1.807, 2.05) is 0 Å². The Balaban J connectivity index is 2.61. The summed E-state index contributed by atoms with van der Waals surface area (Å²) in [6, 6.07) is 0.506. The van der Waals surface area contributed by atoms with E-state index in [1.165, 1.54) is 0 Å². The van der Waals surface area contributed by atoms with Crippen molar-refractivity contribution in [3.05, 3.63) is 0 Å².